The van der Waals surface area contributed by atoms with Gasteiger partial charge in [0.25, 0.3) is 0 Å². The van der Waals surface area contributed by atoms with E-state index in [0.29, 0.717) is 0 Å². The van der Waals surface area contributed by atoms with Gasteiger partial charge in [-0.3, -0.25) is 10.4 Å². The lowest BCUT2D eigenvalue weighted by Crippen LogP contribution is -2.38. The Bertz CT molecular complexity index is 249. The first-order valence-corrected chi connectivity index (χ1v) is 3.20. The summed E-state index contributed by atoms with van der Waals surface area (Å²) in [4.78, 5) is 3.95. The van der Waals surface area contributed by atoms with Gasteiger partial charge in [0.1, 0.15) is 12.0 Å². The van der Waals surface area contributed by atoms with Gasteiger partial charge in [0.2, 0.25) is 0 Å². The summed E-state index contributed by atoms with van der Waals surface area (Å²) in [6.45, 7) is 0. The van der Waals surface area contributed by atoms with E-state index in [1.807, 2.05) is 12.1 Å². The number of anilines is 1. The number of hydrogen-bond donors (Lipinski definition) is 2. The Morgan fingerprint density at radius 1 is 1.45 bits per heavy atom. The molecule has 1 aromatic rings. The second-order valence-corrected chi connectivity index (χ2v) is 2.03. The van der Waals surface area contributed by atoms with Gasteiger partial charge in [0.15, 0.2) is 0 Å². The molecule has 5 heteroatoms. The zero-order valence-electron chi connectivity index (χ0n) is 5.73. The van der Waals surface area contributed by atoms with Crippen molar-refractivity contribution < 1.29 is 0 Å². The molecule has 0 atom stereocenters. The molecule has 0 saturated heterocycles. The molecule has 2 N–H and O–H groups in total. The summed E-state index contributed by atoms with van der Waals surface area (Å²) in [6.07, 6.45) is 5.02. The Kier molecular flexibility index (Phi) is 1.33. The van der Waals surface area contributed by atoms with Crippen molar-refractivity contribution in [2.75, 3.05) is 5.12 Å². The summed E-state index contributed by atoms with van der Waals surface area (Å²) >= 11 is 0. The van der Waals surface area contributed by atoms with Crippen LogP contribution in [0.2, 0.25) is 0 Å². The molecule has 0 fully saturated rings. The summed E-state index contributed by atoms with van der Waals surface area (Å²) in [5.74, 6) is 0. The number of nitrogens with zero attached hydrogens (tertiary/aromatic N) is 3. The van der Waals surface area contributed by atoms with E-state index < -0.39 is 0 Å². The maximum atomic E-state index is 3.95. The Labute approximate surface area is 63.7 Å². The van der Waals surface area contributed by atoms with Crippen molar-refractivity contribution in [3.05, 3.63) is 24.5 Å². The fourth-order valence-corrected chi connectivity index (χ4v) is 0.820. The predicted octanol–water partition coefficient (Wildman–Crippen LogP) is -0.146. The Balaban J connectivity index is 2.17. The second-order valence-electron chi connectivity index (χ2n) is 2.03. The van der Waals surface area contributed by atoms with E-state index in [4.69, 9.17) is 0 Å². The van der Waals surface area contributed by atoms with Gasteiger partial charge in [-0.2, -0.15) is 10.7 Å². The van der Waals surface area contributed by atoms with E-state index in [-0.39, 0.29) is 0 Å². The van der Waals surface area contributed by atoms with E-state index in [0.717, 1.165) is 5.69 Å². The molecular formula is C6H7N5. The summed E-state index contributed by atoms with van der Waals surface area (Å²) < 4.78 is 0. The van der Waals surface area contributed by atoms with Crippen molar-refractivity contribution in [1.82, 2.24) is 15.9 Å². The average Bonchev–Trinajstić information content (AvgIpc) is 2.58. The molecule has 1 aliphatic rings. The fraction of sp³-hybridized carbons (Fsp3) is 0. The molecule has 1 aliphatic heterocycles. The van der Waals surface area contributed by atoms with Gasteiger partial charge in [-0.1, -0.05) is 0 Å². The lowest BCUT2D eigenvalue weighted by atomic mass is 10.4. The summed E-state index contributed by atoms with van der Waals surface area (Å²) in [5, 5.41) is 5.41. The minimum absolute atomic E-state index is 0.921. The van der Waals surface area contributed by atoms with Gasteiger partial charge in [-0.25, -0.2) is 0 Å². The molecule has 11 heavy (non-hydrogen) atoms. The monoisotopic (exact) mass is 149 g/mol. The molecular weight excluding hydrogens is 142 g/mol. The third-order valence-electron chi connectivity index (χ3n) is 1.31. The molecule has 0 aromatic carbocycles. The Morgan fingerprint density at radius 3 is 3.09 bits per heavy atom. The topological polar surface area (TPSA) is 52.6 Å². The van der Waals surface area contributed by atoms with Crippen LogP contribution in [0.1, 0.15) is 0 Å². The van der Waals surface area contributed by atoms with Crippen molar-refractivity contribution >= 4 is 12.0 Å². The first kappa shape index (κ1) is 5.96. The van der Waals surface area contributed by atoms with Crippen LogP contribution in [0.25, 0.3) is 0 Å². The smallest absolute Gasteiger partial charge is 0.131 e. The number of nitrogens with one attached hydrogen (secondary N) is 2. The molecule has 56 valence electrons. The Morgan fingerprint density at radius 2 is 2.45 bits per heavy atom. The molecule has 5 nitrogen and oxygen atoms in total. The molecule has 2 heterocycles. The molecule has 0 radical (unpaired) electrons. The minimum Gasteiger partial charge on any atom is -0.266 e. The SMILES string of the molecule is C1=NNN(c2cccnc2)N1. The minimum atomic E-state index is 0.921. The fourth-order valence-electron chi connectivity index (χ4n) is 0.820. The number of rotatable bonds is 1. The van der Waals surface area contributed by atoms with Crippen LogP contribution in [0.3, 0.4) is 0 Å². The average molecular weight is 149 g/mol. The molecule has 0 aliphatic carbocycles. The molecule has 2 rings (SSSR count). The van der Waals surface area contributed by atoms with Crippen molar-refractivity contribution in [1.29, 1.82) is 0 Å². The predicted molar refractivity (Wildman–Crippen MR) is 41.5 cm³/mol. The molecule has 0 bridgehead atoms. The maximum Gasteiger partial charge on any atom is 0.131 e. The van der Waals surface area contributed by atoms with Gasteiger partial charge in [-0.15, -0.1) is 5.10 Å². The number of pyridine rings is 1. The lowest BCUT2D eigenvalue weighted by molar-refractivity contribution is 0.683. The molecule has 0 amide bonds. The number of hydrazone groups is 1. The second kappa shape index (κ2) is 2.45. The van der Waals surface area contributed by atoms with Crippen LogP contribution in [0.15, 0.2) is 29.6 Å². The first-order chi connectivity index (χ1) is 5.47. The zero-order valence-corrected chi connectivity index (χ0v) is 5.73. The highest BCUT2D eigenvalue weighted by atomic mass is 15.9. The van der Waals surface area contributed by atoms with Crippen LogP contribution in [-0.2, 0) is 0 Å². The number of hydrogen-bond acceptors (Lipinski definition) is 5. The van der Waals surface area contributed by atoms with Crippen LogP contribution in [0.5, 0.6) is 0 Å². The number of hydrazine groups is 2. The number of aromatic nitrogens is 1. The van der Waals surface area contributed by atoms with E-state index >= 15 is 0 Å². The molecule has 1 aromatic heterocycles. The highest BCUT2D eigenvalue weighted by molar-refractivity contribution is 5.61. The van der Waals surface area contributed by atoms with Crippen molar-refractivity contribution in [3.8, 4) is 0 Å². The van der Waals surface area contributed by atoms with Crippen LogP contribution in [-0.4, -0.2) is 11.3 Å². The van der Waals surface area contributed by atoms with Crippen LogP contribution in [0.4, 0.5) is 5.69 Å². The zero-order chi connectivity index (χ0) is 7.52. The molecule has 0 unspecified atom stereocenters. The third-order valence-corrected chi connectivity index (χ3v) is 1.31. The normalized spacial score (nSPS) is 14.4. The third kappa shape index (κ3) is 1.07. The summed E-state index contributed by atoms with van der Waals surface area (Å²) in [7, 11) is 0. The van der Waals surface area contributed by atoms with Crippen LogP contribution >= 0.6 is 0 Å². The van der Waals surface area contributed by atoms with Gasteiger partial charge < -0.3 is 0 Å². The summed E-state index contributed by atoms with van der Waals surface area (Å²) in [6, 6.07) is 3.78. The first-order valence-electron chi connectivity index (χ1n) is 3.20. The Hall–Kier alpha value is -1.78. The van der Waals surface area contributed by atoms with Gasteiger partial charge in [-0.05, 0) is 12.1 Å². The van der Waals surface area contributed by atoms with Crippen molar-refractivity contribution in [2.45, 2.75) is 0 Å². The maximum absolute atomic E-state index is 3.95. The van der Waals surface area contributed by atoms with E-state index in [2.05, 4.69) is 21.0 Å². The standard InChI is InChI=1S/C6H7N5/c1-2-6(4-7-3-1)11-9-5-8-10-11/h1-5,10H,(H,8,9). The highest BCUT2D eigenvalue weighted by Crippen LogP contribution is 2.06. The van der Waals surface area contributed by atoms with E-state index in [1.54, 1.807) is 23.9 Å². The molecule has 0 saturated carbocycles. The largest absolute Gasteiger partial charge is 0.266 e. The highest BCUT2D eigenvalue weighted by Gasteiger charge is 2.05. The van der Waals surface area contributed by atoms with Gasteiger partial charge in [0, 0.05) is 6.20 Å². The summed E-state index contributed by atoms with van der Waals surface area (Å²) in [5.41, 5.74) is 6.51. The van der Waals surface area contributed by atoms with Gasteiger partial charge >= 0.3 is 0 Å². The van der Waals surface area contributed by atoms with Crippen molar-refractivity contribution in [2.24, 2.45) is 5.10 Å². The van der Waals surface area contributed by atoms with Crippen LogP contribution < -0.4 is 16.1 Å². The quantitative estimate of drug-likeness (QED) is 0.583. The lowest BCUT2D eigenvalue weighted by Gasteiger charge is -2.15. The van der Waals surface area contributed by atoms with E-state index in [9.17, 15) is 0 Å². The van der Waals surface area contributed by atoms with Crippen molar-refractivity contribution in [3.63, 3.8) is 0 Å². The molecule has 0 spiro atoms. The van der Waals surface area contributed by atoms with Crippen LogP contribution in [0, 0.1) is 0 Å². The van der Waals surface area contributed by atoms with E-state index in [1.165, 1.54) is 0 Å². The van der Waals surface area contributed by atoms with Gasteiger partial charge in [0.05, 0.1) is 6.20 Å².